The Labute approximate surface area is 215 Å². The molecule has 0 fully saturated rings. The number of aryl methyl sites for hydroxylation is 2. The van der Waals surface area contributed by atoms with E-state index in [2.05, 4.69) is 25.9 Å². The van der Waals surface area contributed by atoms with E-state index >= 15 is 0 Å². The fraction of sp³-hybridized carbons (Fsp3) is 0.333. The van der Waals surface area contributed by atoms with E-state index in [9.17, 15) is 14.7 Å². The summed E-state index contributed by atoms with van der Waals surface area (Å²) in [6, 6.07) is 10.4. The van der Waals surface area contributed by atoms with Crippen molar-refractivity contribution in [1.82, 2.24) is 35.1 Å². The van der Waals surface area contributed by atoms with E-state index in [4.69, 9.17) is 0 Å². The van der Waals surface area contributed by atoms with Gasteiger partial charge >= 0.3 is 5.97 Å². The summed E-state index contributed by atoms with van der Waals surface area (Å²) in [4.78, 5) is 33.6. The summed E-state index contributed by atoms with van der Waals surface area (Å²) >= 11 is 0. The van der Waals surface area contributed by atoms with E-state index in [1.807, 2.05) is 66.0 Å². The van der Waals surface area contributed by atoms with Crippen molar-refractivity contribution in [2.45, 2.75) is 38.5 Å². The number of benzene rings is 2. The van der Waals surface area contributed by atoms with Crippen molar-refractivity contribution in [3.63, 3.8) is 0 Å². The van der Waals surface area contributed by atoms with Crippen LogP contribution in [0.5, 0.6) is 0 Å². The average molecular weight is 504 g/mol. The number of carbonyl (C=O) groups is 2. The molecule has 37 heavy (non-hydrogen) atoms. The summed E-state index contributed by atoms with van der Waals surface area (Å²) < 4.78 is 3.90. The van der Waals surface area contributed by atoms with Crippen LogP contribution in [-0.2, 0) is 38.5 Å². The van der Waals surface area contributed by atoms with Crippen LogP contribution < -0.4 is 16.0 Å². The first-order valence-corrected chi connectivity index (χ1v) is 12.3. The molecule has 4 rings (SSSR count). The highest BCUT2D eigenvalue weighted by molar-refractivity contribution is 6.08. The zero-order valence-corrected chi connectivity index (χ0v) is 21.1. The van der Waals surface area contributed by atoms with Gasteiger partial charge in [0, 0.05) is 51.0 Å². The van der Waals surface area contributed by atoms with E-state index in [0.717, 1.165) is 28.0 Å². The van der Waals surface area contributed by atoms with E-state index in [-0.39, 0.29) is 0 Å². The predicted molar refractivity (Wildman–Crippen MR) is 141 cm³/mol. The second-order valence-electron chi connectivity index (χ2n) is 9.01. The van der Waals surface area contributed by atoms with Crippen LogP contribution >= 0.6 is 0 Å². The quantitative estimate of drug-likeness (QED) is 0.206. The van der Waals surface area contributed by atoms with Gasteiger partial charge in [0.25, 0.3) is 5.91 Å². The second kappa shape index (κ2) is 12.3. The topological polar surface area (TPSA) is 126 Å². The van der Waals surface area contributed by atoms with E-state index < -0.39 is 17.9 Å². The normalized spacial score (nSPS) is 12.1. The highest BCUT2D eigenvalue weighted by atomic mass is 16.4. The molecule has 0 aliphatic rings. The molecule has 0 radical (unpaired) electrons. The summed E-state index contributed by atoms with van der Waals surface area (Å²) in [6.45, 7) is 2.45. The Kier molecular flexibility index (Phi) is 8.65. The Morgan fingerprint density at radius 2 is 1.54 bits per heavy atom. The number of aromatic nitrogens is 4. The van der Waals surface area contributed by atoms with Gasteiger partial charge in [-0.15, -0.1) is 0 Å². The highest BCUT2D eigenvalue weighted by Crippen LogP contribution is 2.23. The molecular weight excluding hydrogens is 470 g/mol. The number of carbonyl (C=O) groups excluding carboxylic acids is 1. The van der Waals surface area contributed by atoms with Crippen LogP contribution in [-0.4, -0.2) is 48.7 Å². The molecule has 1 atom stereocenters. The molecule has 4 N–H and O–H groups in total. The molecule has 194 valence electrons. The van der Waals surface area contributed by atoms with Gasteiger partial charge in [-0.05, 0) is 41.8 Å². The lowest BCUT2D eigenvalue weighted by molar-refractivity contribution is -0.139. The Morgan fingerprint density at radius 3 is 2.16 bits per heavy atom. The minimum Gasteiger partial charge on any atom is -0.480 e. The monoisotopic (exact) mass is 503 g/mol. The summed E-state index contributed by atoms with van der Waals surface area (Å²) in [5, 5.41) is 20.8. The van der Waals surface area contributed by atoms with Crippen molar-refractivity contribution in [2.75, 3.05) is 6.54 Å². The number of carboxylic acid groups (broad SMARTS) is 1. The van der Waals surface area contributed by atoms with Crippen LogP contribution in [0.4, 0.5) is 0 Å². The maximum atomic E-state index is 13.1. The molecule has 1 unspecified atom stereocenters. The molecule has 2 aromatic carbocycles. The third-order valence-electron chi connectivity index (χ3n) is 6.43. The number of fused-ring (bicyclic) bond motifs is 1. The maximum absolute atomic E-state index is 13.1. The number of aliphatic carboxylic acids is 1. The molecule has 0 aliphatic heterocycles. The van der Waals surface area contributed by atoms with Crippen molar-refractivity contribution < 1.29 is 14.7 Å². The summed E-state index contributed by atoms with van der Waals surface area (Å²) in [7, 11) is 3.88. The fourth-order valence-corrected chi connectivity index (χ4v) is 4.28. The van der Waals surface area contributed by atoms with Gasteiger partial charge < -0.3 is 30.2 Å². The maximum Gasteiger partial charge on any atom is 0.326 e. The van der Waals surface area contributed by atoms with Crippen LogP contribution in [0.3, 0.4) is 0 Å². The van der Waals surface area contributed by atoms with Crippen LogP contribution in [0, 0.1) is 0 Å². The summed E-state index contributed by atoms with van der Waals surface area (Å²) in [5.41, 5.74) is 1.51. The minimum absolute atomic E-state index is 0.321. The molecule has 0 bridgehead atoms. The lowest BCUT2D eigenvalue weighted by atomic mass is 9.98. The third-order valence-corrected chi connectivity index (χ3v) is 6.43. The van der Waals surface area contributed by atoms with Gasteiger partial charge in [0.1, 0.15) is 17.7 Å². The third kappa shape index (κ3) is 6.60. The number of imidazole rings is 2. The number of nitrogens with zero attached hydrogens (tertiary/aromatic N) is 4. The Morgan fingerprint density at radius 1 is 0.892 bits per heavy atom. The second-order valence-corrected chi connectivity index (χ2v) is 9.01. The predicted octanol–water partition coefficient (Wildman–Crippen LogP) is 2.35. The summed E-state index contributed by atoms with van der Waals surface area (Å²) in [5.74, 6) is 0.408. The Bertz CT molecular complexity index is 1360. The lowest BCUT2D eigenvalue weighted by Crippen LogP contribution is -2.41. The molecule has 0 saturated carbocycles. The number of hydrogen-bond acceptors (Lipinski definition) is 6. The van der Waals surface area contributed by atoms with E-state index in [1.165, 1.54) is 0 Å². The van der Waals surface area contributed by atoms with Gasteiger partial charge in [0.2, 0.25) is 0 Å². The molecule has 1 amide bonds. The standard InChI is InChI=1S/C27H33N7O3/c1-33-14-12-30-24(33)17-28-11-5-8-23(27(36)37)32-26(35)22-10-9-19(20-6-3-4-7-21(20)22)16-29-18-25-31-13-15-34(25)2/h3-4,6-7,9-10,12-15,23,28-29H,5,8,11,16-18H2,1-2H3,(H,32,35)(H,36,37). The lowest BCUT2D eigenvalue weighted by Gasteiger charge is -2.17. The van der Waals surface area contributed by atoms with Gasteiger partial charge in [0.15, 0.2) is 0 Å². The highest BCUT2D eigenvalue weighted by Gasteiger charge is 2.22. The number of amides is 1. The Hall–Kier alpha value is -4.02. The molecule has 10 nitrogen and oxygen atoms in total. The van der Waals surface area contributed by atoms with Crippen molar-refractivity contribution in [3.05, 3.63) is 84.0 Å². The molecule has 4 aromatic rings. The molecule has 0 spiro atoms. The zero-order valence-electron chi connectivity index (χ0n) is 21.1. The Balaban J connectivity index is 1.36. The fourth-order valence-electron chi connectivity index (χ4n) is 4.28. The molecule has 0 saturated heterocycles. The average Bonchev–Trinajstić information content (AvgIpc) is 3.50. The zero-order chi connectivity index (χ0) is 26.2. The van der Waals surface area contributed by atoms with Crippen molar-refractivity contribution in [2.24, 2.45) is 14.1 Å². The molecule has 2 heterocycles. The summed E-state index contributed by atoms with van der Waals surface area (Å²) in [6.07, 6.45) is 8.21. The van der Waals surface area contributed by atoms with Gasteiger partial charge in [-0.3, -0.25) is 4.79 Å². The van der Waals surface area contributed by atoms with Crippen LogP contribution in [0.15, 0.2) is 61.2 Å². The van der Waals surface area contributed by atoms with Gasteiger partial charge in [0.05, 0.1) is 13.1 Å². The van der Waals surface area contributed by atoms with Crippen LogP contribution in [0.2, 0.25) is 0 Å². The van der Waals surface area contributed by atoms with Crippen molar-refractivity contribution in [3.8, 4) is 0 Å². The molecule has 0 aliphatic carbocycles. The number of carboxylic acids is 1. The van der Waals surface area contributed by atoms with E-state index in [0.29, 0.717) is 44.6 Å². The van der Waals surface area contributed by atoms with Crippen molar-refractivity contribution >= 4 is 22.6 Å². The number of hydrogen-bond donors (Lipinski definition) is 4. The van der Waals surface area contributed by atoms with Crippen molar-refractivity contribution in [1.29, 1.82) is 0 Å². The first-order chi connectivity index (χ1) is 17.9. The minimum atomic E-state index is -1.04. The van der Waals surface area contributed by atoms with Crippen LogP contribution in [0.1, 0.15) is 40.4 Å². The largest absolute Gasteiger partial charge is 0.480 e. The van der Waals surface area contributed by atoms with Crippen LogP contribution in [0.25, 0.3) is 10.8 Å². The molecule has 2 aromatic heterocycles. The SMILES string of the molecule is Cn1ccnc1CNCCCC(NC(=O)c1ccc(CNCc2nccn2C)c2ccccc12)C(=O)O. The van der Waals surface area contributed by atoms with Gasteiger partial charge in [-0.2, -0.15) is 0 Å². The first kappa shape index (κ1) is 26.1. The molecule has 10 heteroatoms. The number of nitrogens with one attached hydrogen (secondary N) is 3. The first-order valence-electron chi connectivity index (χ1n) is 12.3. The van der Waals surface area contributed by atoms with Gasteiger partial charge in [-0.25, -0.2) is 14.8 Å². The molecular formula is C27H33N7O3. The number of rotatable bonds is 13. The van der Waals surface area contributed by atoms with Gasteiger partial charge in [-0.1, -0.05) is 30.3 Å². The van der Waals surface area contributed by atoms with E-state index in [1.54, 1.807) is 18.5 Å². The smallest absolute Gasteiger partial charge is 0.326 e.